The highest BCUT2D eigenvalue weighted by molar-refractivity contribution is 7.71. The SMILES string of the molecule is COc1cnc(-n2c(=S)[nH]c3cc(C(=O)NCc4ccc(Cl)cc4)sc3c2=O)nc1OC. The van der Waals surface area contributed by atoms with Crippen molar-refractivity contribution in [1.29, 1.82) is 0 Å². The molecule has 0 aliphatic heterocycles. The van der Waals surface area contributed by atoms with Gasteiger partial charge >= 0.3 is 0 Å². The van der Waals surface area contributed by atoms with Crippen LogP contribution in [-0.2, 0) is 6.54 Å². The van der Waals surface area contributed by atoms with E-state index in [2.05, 4.69) is 20.3 Å². The van der Waals surface area contributed by atoms with Gasteiger partial charge in [0.15, 0.2) is 10.5 Å². The van der Waals surface area contributed by atoms with Crippen LogP contribution in [0.5, 0.6) is 11.6 Å². The zero-order valence-electron chi connectivity index (χ0n) is 16.8. The van der Waals surface area contributed by atoms with Crippen LogP contribution in [0.1, 0.15) is 15.2 Å². The van der Waals surface area contributed by atoms with Crippen LogP contribution in [0.3, 0.4) is 0 Å². The summed E-state index contributed by atoms with van der Waals surface area (Å²) in [6.07, 6.45) is 1.39. The Labute approximate surface area is 195 Å². The van der Waals surface area contributed by atoms with Crippen LogP contribution in [0.2, 0.25) is 5.02 Å². The number of aromatic nitrogens is 4. The number of nitrogens with one attached hydrogen (secondary N) is 2. The second kappa shape index (κ2) is 9.07. The van der Waals surface area contributed by atoms with Crippen molar-refractivity contribution in [2.24, 2.45) is 0 Å². The quantitative estimate of drug-likeness (QED) is 0.399. The van der Waals surface area contributed by atoms with Gasteiger partial charge in [-0.15, -0.1) is 11.3 Å². The van der Waals surface area contributed by atoms with E-state index in [9.17, 15) is 9.59 Å². The lowest BCUT2D eigenvalue weighted by atomic mass is 10.2. The number of H-pyrrole nitrogens is 1. The summed E-state index contributed by atoms with van der Waals surface area (Å²) in [5.41, 5.74) is 0.910. The summed E-state index contributed by atoms with van der Waals surface area (Å²) in [5, 5.41) is 3.45. The third-order valence-corrected chi connectivity index (χ3v) is 6.15. The molecule has 164 valence electrons. The Morgan fingerprint density at radius 3 is 2.72 bits per heavy atom. The van der Waals surface area contributed by atoms with Crippen molar-refractivity contribution in [2.75, 3.05) is 14.2 Å². The molecule has 1 amide bonds. The second-order valence-corrected chi connectivity index (χ2v) is 8.36. The van der Waals surface area contributed by atoms with E-state index >= 15 is 0 Å². The average Bonchev–Trinajstić information content (AvgIpc) is 3.22. The number of aromatic amines is 1. The van der Waals surface area contributed by atoms with Crippen molar-refractivity contribution < 1.29 is 14.3 Å². The Hall–Kier alpha value is -3.28. The molecule has 0 aliphatic rings. The van der Waals surface area contributed by atoms with Crippen molar-refractivity contribution in [3.05, 3.63) is 67.1 Å². The van der Waals surface area contributed by atoms with E-state index in [-0.39, 0.29) is 22.5 Å². The highest BCUT2D eigenvalue weighted by atomic mass is 35.5. The van der Waals surface area contributed by atoms with E-state index in [1.807, 2.05) is 12.1 Å². The molecule has 0 fully saturated rings. The number of halogens is 1. The second-order valence-electron chi connectivity index (χ2n) is 6.48. The maximum Gasteiger partial charge on any atom is 0.279 e. The molecule has 4 aromatic rings. The van der Waals surface area contributed by atoms with Gasteiger partial charge in [0.05, 0.1) is 30.8 Å². The van der Waals surface area contributed by atoms with Gasteiger partial charge in [0.1, 0.15) is 4.70 Å². The molecule has 3 aromatic heterocycles. The molecule has 1 aromatic carbocycles. The zero-order chi connectivity index (χ0) is 22.8. The summed E-state index contributed by atoms with van der Waals surface area (Å²) < 4.78 is 11.8. The van der Waals surface area contributed by atoms with Gasteiger partial charge in [-0.2, -0.15) is 4.98 Å². The average molecular weight is 490 g/mol. The van der Waals surface area contributed by atoms with E-state index in [4.69, 9.17) is 33.3 Å². The number of hydrogen-bond donors (Lipinski definition) is 2. The molecule has 0 spiro atoms. The van der Waals surface area contributed by atoms with Crippen LogP contribution in [0.25, 0.3) is 16.2 Å². The number of amides is 1. The number of carbonyl (C=O) groups excluding carboxylic acids is 1. The standard InChI is InChI=1S/C20H16ClN5O4S2/c1-29-13-9-23-19(25-17(13)30-2)26-18(28)15-12(24-20(26)31)7-14(32-15)16(27)22-8-10-3-5-11(21)6-4-10/h3-7,9H,8H2,1-2H3,(H,22,27)(H,24,31). The fourth-order valence-electron chi connectivity index (χ4n) is 2.91. The number of methoxy groups -OCH3 is 2. The number of thiophene rings is 1. The summed E-state index contributed by atoms with van der Waals surface area (Å²) >= 11 is 12.3. The smallest absolute Gasteiger partial charge is 0.279 e. The molecule has 0 bridgehead atoms. The van der Waals surface area contributed by atoms with Crippen molar-refractivity contribution in [1.82, 2.24) is 24.8 Å². The van der Waals surface area contributed by atoms with Gasteiger partial charge in [0.25, 0.3) is 17.3 Å². The summed E-state index contributed by atoms with van der Waals surface area (Å²) in [6, 6.07) is 8.75. The van der Waals surface area contributed by atoms with Gasteiger partial charge in [-0.3, -0.25) is 9.59 Å². The minimum atomic E-state index is -0.447. The molecule has 0 atom stereocenters. The highest BCUT2D eigenvalue weighted by Gasteiger charge is 2.18. The molecule has 0 radical (unpaired) electrons. The molecule has 0 saturated heterocycles. The van der Waals surface area contributed by atoms with Gasteiger partial charge in [0.2, 0.25) is 5.95 Å². The Morgan fingerprint density at radius 1 is 1.28 bits per heavy atom. The van der Waals surface area contributed by atoms with Crippen LogP contribution in [0, 0.1) is 4.77 Å². The van der Waals surface area contributed by atoms with Crippen molar-refractivity contribution in [3.63, 3.8) is 0 Å². The number of nitrogens with zero attached hydrogens (tertiary/aromatic N) is 3. The van der Waals surface area contributed by atoms with E-state index in [0.29, 0.717) is 32.4 Å². The minimum absolute atomic E-state index is 0.0259. The van der Waals surface area contributed by atoms with Crippen molar-refractivity contribution in [2.45, 2.75) is 6.54 Å². The third-order valence-electron chi connectivity index (χ3n) is 4.49. The van der Waals surface area contributed by atoms with E-state index in [1.54, 1.807) is 18.2 Å². The molecule has 2 N–H and O–H groups in total. The number of carbonyl (C=O) groups is 1. The number of hydrogen-bond acceptors (Lipinski definition) is 8. The van der Waals surface area contributed by atoms with E-state index < -0.39 is 5.56 Å². The first-order valence-electron chi connectivity index (χ1n) is 9.18. The molecular weight excluding hydrogens is 474 g/mol. The largest absolute Gasteiger partial charge is 0.490 e. The molecule has 9 nitrogen and oxygen atoms in total. The van der Waals surface area contributed by atoms with Crippen LogP contribution in [0.15, 0.2) is 41.3 Å². The first kappa shape index (κ1) is 21.9. The lowest BCUT2D eigenvalue weighted by molar-refractivity contribution is 0.0955. The van der Waals surface area contributed by atoms with Crippen molar-refractivity contribution in [3.8, 4) is 17.6 Å². The van der Waals surface area contributed by atoms with E-state index in [0.717, 1.165) is 21.5 Å². The normalized spacial score (nSPS) is 10.8. The first-order valence-corrected chi connectivity index (χ1v) is 10.8. The Morgan fingerprint density at radius 2 is 2.03 bits per heavy atom. The minimum Gasteiger partial charge on any atom is -0.490 e. The van der Waals surface area contributed by atoms with Gasteiger partial charge < -0.3 is 19.8 Å². The highest BCUT2D eigenvalue weighted by Crippen LogP contribution is 2.25. The zero-order valence-corrected chi connectivity index (χ0v) is 19.2. The Balaban J connectivity index is 1.67. The number of fused-ring (bicyclic) bond motifs is 1. The topological polar surface area (TPSA) is 111 Å². The van der Waals surface area contributed by atoms with Crippen LogP contribution >= 0.6 is 35.2 Å². The van der Waals surface area contributed by atoms with Crippen LogP contribution < -0.4 is 20.3 Å². The van der Waals surface area contributed by atoms with Crippen molar-refractivity contribution >= 4 is 51.3 Å². The monoisotopic (exact) mass is 489 g/mol. The summed E-state index contributed by atoms with van der Waals surface area (Å²) in [7, 11) is 2.88. The van der Waals surface area contributed by atoms with Gasteiger partial charge in [-0.1, -0.05) is 23.7 Å². The molecule has 0 aliphatic carbocycles. The lowest BCUT2D eigenvalue weighted by Gasteiger charge is -2.09. The summed E-state index contributed by atoms with van der Waals surface area (Å²) in [6.45, 7) is 0.323. The molecule has 32 heavy (non-hydrogen) atoms. The molecule has 0 saturated carbocycles. The number of rotatable bonds is 6. The lowest BCUT2D eigenvalue weighted by Crippen LogP contribution is -2.22. The van der Waals surface area contributed by atoms with Gasteiger partial charge in [0, 0.05) is 11.6 Å². The van der Waals surface area contributed by atoms with Gasteiger partial charge in [-0.05, 0) is 36.0 Å². The summed E-state index contributed by atoms with van der Waals surface area (Å²) in [4.78, 5) is 37.4. The predicted molar refractivity (Wildman–Crippen MR) is 124 cm³/mol. The fraction of sp³-hybridized carbons (Fsp3) is 0.150. The molecule has 0 unspecified atom stereocenters. The van der Waals surface area contributed by atoms with Gasteiger partial charge in [-0.25, -0.2) is 9.55 Å². The Bertz CT molecular complexity index is 1430. The predicted octanol–water partition coefficient (Wildman–Crippen LogP) is 3.50. The third kappa shape index (κ3) is 4.22. The van der Waals surface area contributed by atoms with Crippen LogP contribution in [0.4, 0.5) is 0 Å². The molecular formula is C20H16ClN5O4S2. The van der Waals surface area contributed by atoms with Crippen LogP contribution in [-0.4, -0.2) is 39.6 Å². The first-order chi connectivity index (χ1) is 15.4. The molecule has 12 heteroatoms. The summed E-state index contributed by atoms with van der Waals surface area (Å²) in [5.74, 6) is 0.190. The Kier molecular flexibility index (Phi) is 6.21. The molecule has 3 heterocycles. The maximum absolute atomic E-state index is 13.1. The van der Waals surface area contributed by atoms with E-state index in [1.165, 1.54) is 20.4 Å². The molecule has 4 rings (SSSR count). The number of ether oxygens (including phenoxy) is 2. The number of benzene rings is 1. The maximum atomic E-state index is 13.1. The fourth-order valence-corrected chi connectivity index (χ4v) is 4.27.